The van der Waals surface area contributed by atoms with Crippen LogP contribution in [0.1, 0.15) is 0 Å². The zero-order chi connectivity index (χ0) is 54.7. The van der Waals surface area contributed by atoms with Gasteiger partial charge in [-0.3, -0.25) is 0 Å². The van der Waals surface area contributed by atoms with Crippen LogP contribution in [0.5, 0.6) is 0 Å². The summed E-state index contributed by atoms with van der Waals surface area (Å²) < 4.78 is 18.7. The van der Waals surface area contributed by atoms with Gasteiger partial charge < -0.3 is 27.4 Å². The molecule has 6 aromatic heterocycles. The number of furan rings is 2. The van der Waals surface area contributed by atoms with E-state index >= 15 is 0 Å². The fourth-order valence-corrected chi connectivity index (χ4v) is 14.4. The highest BCUT2D eigenvalue weighted by atomic mass is 16.3. The summed E-state index contributed by atoms with van der Waals surface area (Å²) in [6, 6.07) is 101. The molecule has 0 bridgehead atoms. The van der Waals surface area contributed by atoms with Gasteiger partial charge in [-0.25, -0.2) is 0 Å². The Labute approximate surface area is 480 Å². The monoisotopic (exact) mass is 1070 g/mol. The molecule has 6 nitrogen and oxygen atoms in total. The molecule has 0 amide bonds. The number of benzene rings is 13. The zero-order valence-corrected chi connectivity index (χ0v) is 45.2. The first-order valence-electron chi connectivity index (χ1n) is 28.7. The quantitative estimate of drug-likeness (QED) is 0.152. The molecule has 84 heavy (non-hydrogen) atoms. The molecular formula is C78H46N4O2. The molecule has 390 valence electrons. The molecule has 19 rings (SSSR count). The normalized spacial score (nSPS) is 12.3. The van der Waals surface area contributed by atoms with Gasteiger partial charge in [0, 0.05) is 87.1 Å². The zero-order valence-electron chi connectivity index (χ0n) is 45.2. The third-order valence-electron chi connectivity index (χ3n) is 17.9. The first-order chi connectivity index (χ1) is 41.7. The molecule has 6 heteroatoms. The van der Waals surface area contributed by atoms with E-state index in [9.17, 15) is 0 Å². The lowest BCUT2D eigenvalue weighted by Gasteiger charge is -2.28. The highest BCUT2D eigenvalue weighted by Gasteiger charge is 2.28. The van der Waals surface area contributed by atoms with Crippen molar-refractivity contribution in [2.24, 2.45) is 0 Å². The van der Waals surface area contributed by atoms with Crippen LogP contribution < -0.4 is 9.80 Å². The molecule has 0 saturated heterocycles. The Hall–Kier alpha value is -11.3. The van der Waals surface area contributed by atoms with E-state index in [0.29, 0.717) is 0 Å². The first kappa shape index (κ1) is 45.4. The number of anilines is 6. The Bertz CT molecular complexity index is 5520. The second-order valence-corrected chi connectivity index (χ2v) is 22.3. The van der Waals surface area contributed by atoms with Crippen LogP contribution in [0, 0.1) is 0 Å². The number of para-hydroxylation sites is 8. The minimum absolute atomic E-state index is 0.854. The molecule has 13 aromatic carbocycles. The van der Waals surface area contributed by atoms with Gasteiger partial charge in [0.2, 0.25) is 0 Å². The van der Waals surface area contributed by atoms with E-state index in [4.69, 9.17) is 8.83 Å². The molecule has 0 atom stereocenters. The van der Waals surface area contributed by atoms with E-state index in [1.165, 1.54) is 76.2 Å². The van der Waals surface area contributed by atoms with Crippen LogP contribution in [0.15, 0.2) is 288 Å². The standard InChI is InChI=1S/C78H46N4O2/c1-3-19-47(20-4-1)51-23-7-11-33-65(51)79(69-35-17-31-59-53-25-9-13-37-73(53)83-77(59)69)49-39-41-67-61(43-49)55-27-15-29-57-63-46-72-64(45-71(63)81(67)75(55)57)58-30-16-28-56-62-44-50(40-42-68(62)82(72)76(56)58)80(66-34-12-8-24-52(66)48-21-5-2-6-22-48)70-36-18-32-60-54-26-10-14-38-74(54)84-78(60)70/h1-46H. The molecular weight excluding hydrogens is 1020 g/mol. The van der Waals surface area contributed by atoms with E-state index in [0.717, 1.165) is 100 Å². The minimum atomic E-state index is 0.854. The predicted octanol–water partition coefficient (Wildman–Crippen LogP) is 22.1. The van der Waals surface area contributed by atoms with Crippen molar-refractivity contribution in [3.05, 3.63) is 279 Å². The highest BCUT2D eigenvalue weighted by Crippen LogP contribution is 2.51. The number of aromatic nitrogens is 2. The highest BCUT2D eigenvalue weighted by molar-refractivity contribution is 6.29. The molecule has 0 radical (unpaired) electrons. The van der Waals surface area contributed by atoms with E-state index in [1.807, 2.05) is 12.1 Å². The van der Waals surface area contributed by atoms with Crippen molar-refractivity contribution in [3.63, 3.8) is 0 Å². The van der Waals surface area contributed by atoms with Crippen molar-refractivity contribution >= 4 is 154 Å². The average molecular weight is 1070 g/mol. The summed E-state index contributed by atoms with van der Waals surface area (Å²) in [5, 5.41) is 14.2. The van der Waals surface area contributed by atoms with Crippen LogP contribution in [-0.4, -0.2) is 8.80 Å². The summed E-state index contributed by atoms with van der Waals surface area (Å²) in [5.41, 5.74) is 21.4. The molecule has 0 spiro atoms. The largest absolute Gasteiger partial charge is 0.454 e. The van der Waals surface area contributed by atoms with E-state index in [-0.39, 0.29) is 0 Å². The topological polar surface area (TPSA) is 41.6 Å². The molecule has 0 fully saturated rings. The van der Waals surface area contributed by atoms with Crippen molar-refractivity contribution in [3.8, 4) is 22.3 Å². The Morgan fingerprint density at radius 3 is 1.04 bits per heavy atom. The fraction of sp³-hybridized carbons (Fsp3) is 0. The maximum atomic E-state index is 6.81. The lowest BCUT2D eigenvalue weighted by atomic mass is 10.0. The van der Waals surface area contributed by atoms with E-state index < -0.39 is 0 Å². The van der Waals surface area contributed by atoms with Crippen LogP contribution in [0.2, 0.25) is 0 Å². The smallest absolute Gasteiger partial charge is 0.159 e. The van der Waals surface area contributed by atoms with Crippen LogP contribution in [0.3, 0.4) is 0 Å². The van der Waals surface area contributed by atoms with Crippen LogP contribution in [0.25, 0.3) is 142 Å². The van der Waals surface area contributed by atoms with Gasteiger partial charge in [0.15, 0.2) is 11.2 Å². The number of hydrogen-bond acceptors (Lipinski definition) is 4. The molecule has 6 heterocycles. The van der Waals surface area contributed by atoms with Crippen molar-refractivity contribution in [2.45, 2.75) is 0 Å². The maximum Gasteiger partial charge on any atom is 0.159 e. The molecule has 0 aliphatic rings. The number of nitrogens with zero attached hydrogens (tertiary/aromatic N) is 4. The lowest BCUT2D eigenvalue weighted by Crippen LogP contribution is -2.11. The molecule has 0 unspecified atom stereocenters. The summed E-state index contributed by atoms with van der Waals surface area (Å²) in [6.45, 7) is 0. The summed E-state index contributed by atoms with van der Waals surface area (Å²) in [7, 11) is 0. The summed E-state index contributed by atoms with van der Waals surface area (Å²) in [5.74, 6) is 0. The van der Waals surface area contributed by atoms with Crippen molar-refractivity contribution in [2.75, 3.05) is 9.80 Å². The van der Waals surface area contributed by atoms with Gasteiger partial charge >= 0.3 is 0 Å². The second-order valence-electron chi connectivity index (χ2n) is 22.3. The Balaban J connectivity index is 0.811. The summed E-state index contributed by atoms with van der Waals surface area (Å²) in [6.07, 6.45) is 0. The van der Waals surface area contributed by atoms with E-state index in [1.54, 1.807) is 0 Å². The van der Waals surface area contributed by atoms with Crippen LogP contribution >= 0.6 is 0 Å². The van der Waals surface area contributed by atoms with Gasteiger partial charge in [-0.15, -0.1) is 0 Å². The Morgan fingerprint density at radius 2 is 0.583 bits per heavy atom. The summed E-state index contributed by atoms with van der Waals surface area (Å²) in [4.78, 5) is 4.80. The maximum absolute atomic E-state index is 6.81. The molecule has 0 aliphatic heterocycles. The number of hydrogen-bond donors (Lipinski definition) is 0. The van der Waals surface area contributed by atoms with Crippen molar-refractivity contribution in [1.29, 1.82) is 0 Å². The van der Waals surface area contributed by atoms with Crippen molar-refractivity contribution in [1.82, 2.24) is 8.80 Å². The van der Waals surface area contributed by atoms with Gasteiger partial charge in [0.05, 0.1) is 55.8 Å². The third kappa shape index (κ3) is 6.23. The summed E-state index contributed by atoms with van der Waals surface area (Å²) >= 11 is 0. The van der Waals surface area contributed by atoms with Gasteiger partial charge in [0.25, 0.3) is 0 Å². The van der Waals surface area contributed by atoms with E-state index in [2.05, 4.69) is 286 Å². The third-order valence-corrected chi connectivity index (χ3v) is 17.9. The molecule has 19 aromatic rings. The number of fused-ring (bicyclic) bond motifs is 18. The lowest BCUT2D eigenvalue weighted by molar-refractivity contribution is 0.668. The van der Waals surface area contributed by atoms with Gasteiger partial charge in [-0.1, -0.05) is 194 Å². The van der Waals surface area contributed by atoms with Crippen LogP contribution in [0.4, 0.5) is 34.1 Å². The molecule has 0 aliphatic carbocycles. The fourth-order valence-electron chi connectivity index (χ4n) is 14.4. The predicted molar refractivity (Wildman–Crippen MR) is 351 cm³/mol. The van der Waals surface area contributed by atoms with Gasteiger partial charge in [-0.05, 0) is 96.1 Å². The SMILES string of the molecule is c1ccc(-c2ccccc2N(c2ccc3c(c2)c2cccc4c5cc6c(cc5n3c24)c2cccc3c4cc(N(c5ccccc5-c5ccccc5)c5cccc7c5oc5ccccc57)ccc4n6c32)c2cccc3c2oc2ccccc23)cc1. The van der Waals surface area contributed by atoms with Gasteiger partial charge in [0.1, 0.15) is 11.2 Å². The van der Waals surface area contributed by atoms with Gasteiger partial charge in [-0.2, -0.15) is 0 Å². The second kappa shape index (κ2) is 17.1. The number of rotatable bonds is 8. The Kier molecular flexibility index (Phi) is 9.24. The minimum Gasteiger partial charge on any atom is -0.454 e. The van der Waals surface area contributed by atoms with Crippen molar-refractivity contribution < 1.29 is 8.83 Å². The average Bonchev–Trinajstić information content (AvgIpc) is 1.86. The first-order valence-corrected chi connectivity index (χ1v) is 28.7. The molecule has 0 N–H and O–H groups in total. The van der Waals surface area contributed by atoms with Crippen LogP contribution in [-0.2, 0) is 0 Å². The molecule has 0 saturated carbocycles. The Morgan fingerprint density at radius 1 is 0.238 bits per heavy atom.